The molecule has 0 spiro atoms. The predicted octanol–water partition coefficient (Wildman–Crippen LogP) is 6.20. The van der Waals surface area contributed by atoms with Gasteiger partial charge >= 0.3 is 0 Å². The first-order valence-corrected chi connectivity index (χ1v) is 6.33. The normalized spacial score (nSPS) is 14.6. The van der Waals surface area contributed by atoms with E-state index in [4.69, 9.17) is 0 Å². The average Bonchev–Trinajstić information content (AvgIpc) is 2.67. The fourth-order valence-corrected chi connectivity index (χ4v) is 0.250. The van der Waals surface area contributed by atoms with E-state index in [1.165, 1.54) is 57.8 Å². The van der Waals surface area contributed by atoms with Crippen molar-refractivity contribution in [1.29, 1.82) is 0 Å². The van der Waals surface area contributed by atoms with Gasteiger partial charge in [0.15, 0.2) is 0 Å². The first kappa shape index (κ1) is 19.6. The Morgan fingerprint density at radius 1 is 0.500 bits per heavy atom. The summed E-state index contributed by atoms with van der Waals surface area (Å²) in [5.41, 5.74) is 0. The zero-order valence-corrected chi connectivity index (χ0v) is 10.4. The molecule has 2 fully saturated rings. The van der Waals surface area contributed by atoms with E-state index in [0.717, 1.165) is 0 Å². The highest BCUT2D eigenvalue weighted by atomic mass is 14.0. The maximum Gasteiger partial charge on any atom is -0.0533 e. The van der Waals surface area contributed by atoms with Crippen LogP contribution in [0, 0.1) is 0 Å². The molecule has 0 amide bonds. The molecule has 90 valence electrons. The van der Waals surface area contributed by atoms with Crippen LogP contribution in [-0.4, -0.2) is 0 Å². The second-order valence-corrected chi connectivity index (χ2v) is 3.89. The number of rotatable bonds is 0. The fourth-order valence-electron chi connectivity index (χ4n) is 0.250. The third-order valence-electron chi connectivity index (χ3n) is 1.35. The molecule has 2 aliphatic rings. The fraction of sp³-hybridized carbons (Fsp3) is 1.00. The standard InChI is InChI=1S/C4H8.C3H6.2C3H8.CH4/c1-2-4-3-1;1-2-3-1;2*1-3-2;/h1-4H2;1-3H2;2*3H2,1-2H3;1H4. The summed E-state index contributed by atoms with van der Waals surface area (Å²) >= 11 is 0. The van der Waals surface area contributed by atoms with Crippen molar-refractivity contribution in [3.05, 3.63) is 0 Å². The zero-order valence-electron chi connectivity index (χ0n) is 10.4. The molecule has 0 radical (unpaired) electrons. The monoisotopic (exact) mass is 202 g/mol. The Labute approximate surface area is 93.5 Å². The third-order valence-corrected chi connectivity index (χ3v) is 1.35. The Morgan fingerprint density at radius 2 is 0.571 bits per heavy atom. The van der Waals surface area contributed by atoms with Crippen molar-refractivity contribution < 1.29 is 0 Å². The molecular weight excluding hydrogens is 168 g/mol. The first-order chi connectivity index (χ1) is 6.33. The van der Waals surface area contributed by atoms with Gasteiger partial charge in [-0.25, -0.2) is 0 Å². The minimum atomic E-state index is 0. The summed E-state index contributed by atoms with van der Waals surface area (Å²) in [5.74, 6) is 0. The lowest BCUT2D eigenvalue weighted by atomic mass is 10.0. The molecule has 0 aromatic heterocycles. The summed E-state index contributed by atoms with van der Waals surface area (Å²) in [4.78, 5) is 0. The second-order valence-electron chi connectivity index (χ2n) is 3.89. The van der Waals surface area contributed by atoms with E-state index in [0.29, 0.717) is 0 Å². The molecule has 0 nitrogen and oxygen atoms in total. The number of hydrogen-bond acceptors (Lipinski definition) is 0. The van der Waals surface area contributed by atoms with Gasteiger partial charge in [-0.3, -0.25) is 0 Å². The highest BCUT2D eigenvalue weighted by molar-refractivity contribution is 4.51. The number of hydrogen-bond donors (Lipinski definition) is 0. The van der Waals surface area contributed by atoms with Gasteiger partial charge in [-0.05, 0) is 0 Å². The average molecular weight is 202 g/mol. The first-order valence-electron chi connectivity index (χ1n) is 6.33. The summed E-state index contributed by atoms with van der Waals surface area (Å²) in [6.07, 6.45) is 13.0. The van der Waals surface area contributed by atoms with Crippen LogP contribution in [0.4, 0.5) is 0 Å². The molecule has 0 atom stereocenters. The van der Waals surface area contributed by atoms with Gasteiger partial charge in [-0.2, -0.15) is 0 Å². The summed E-state index contributed by atoms with van der Waals surface area (Å²) < 4.78 is 0. The molecular formula is C14H34. The van der Waals surface area contributed by atoms with Crippen molar-refractivity contribution in [1.82, 2.24) is 0 Å². The molecule has 0 heterocycles. The molecule has 0 N–H and O–H groups in total. The summed E-state index contributed by atoms with van der Waals surface area (Å²) in [6.45, 7) is 8.50. The molecule has 0 heteroatoms. The van der Waals surface area contributed by atoms with Crippen molar-refractivity contribution in [2.45, 2.75) is 92.9 Å². The molecule has 2 saturated carbocycles. The minimum Gasteiger partial charge on any atom is -0.0776 e. The SMILES string of the molecule is C.C1CC1.C1CCC1.CCC.CCC. The van der Waals surface area contributed by atoms with Crippen molar-refractivity contribution in [3.8, 4) is 0 Å². The van der Waals surface area contributed by atoms with E-state index in [1.54, 1.807) is 0 Å². The molecule has 0 aliphatic heterocycles. The van der Waals surface area contributed by atoms with Crippen LogP contribution in [0.2, 0.25) is 0 Å². The van der Waals surface area contributed by atoms with Crippen molar-refractivity contribution >= 4 is 0 Å². The molecule has 0 saturated heterocycles. The van der Waals surface area contributed by atoms with Crippen LogP contribution in [0.15, 0.2) is 0 Å². The third kappa shape index (κ3) is 58.1. The predicted molar refractivity (Wildman–Crippen MR) is 71.0 cm³/mol. The summed E-state index contributed by atoms with van der Waals surface area (Å²) in [7, 11) is 0. The van der Waals surface area contributed by atoms with E-state index in [1.807, 2.05) is 0 Å². The van der Waals surface area contributed by atoms with Gasteiger partial charge in [0.2, 0.25) is 0 Å². The molecule has 2 aliphatic carbocycles. The lowest BCUT2D eigenvalue weighted by molar-refractivity contribution is 0.504. The van der Waals surface area contributed by atoms with E-state index in [9.17, 15) is 0 Å². The smallest absolute Gasteiger partial charge is 0.0533 e. The molecule has 0 bridgehead atoms. The second kappa shape index (κ2) is 23.1. The van der Waals surface area contributed by atoms with Gasteiger partial charge in [0, 0.05) is 0 Å². The maximum atomic E-state index is 2.12. The van der Waals surface area contributed by atoms with E-state index in [-0.39, 0.29) is 7.43 Å². The quantitative estimate of drug-likeness (QED) is 0.439. The topological polar surface area (TPSA) is 0 Å². The zero-order chi connectivity index (χ0) is 10.4. The Hall–Kier alpha value is 0. The Morgan fingerprint density at radius 3 is 0.571 bits per heavy atom. The van der Waals surface area contributed by atoms with Gasteiger partial charge in [0.25, 0.3) is 0 Å². The van der Waals surface area contributed by atoms with Crippen LogP contribution in [0.3, 0.4) is 0 Å². The van der Waals surface area contributed by atoms with E-state index < -0.39 is 0 Å². The Bertz CT molecular complexity index is 42.3. The van der Waals surface area contributed by atoms with Crippen LogP contribution in [-0.2, 0) is 0 Å². The Kier molecular flexibility index (Phi) is 32.3. The van der Waals surface area contributed by atoms with Gasteiger partial charge < -0.3 is 0 Å². The van der Waals surface area contributed by atoms with Gasteiger partial charge in [-0.15, -0.1) is 0 Å². The molecule has 0 aromatic carbocycles. The van der Waals surface area contributed by atoms with E-state index in [2.05, 4.69) is 27.7 Å². The molecule has 2 rings (SSSR count). The maximum absolute atomic E-state index is 2.12. The lowest BCUT2D eigenvalue weighted by Gasteiger charge is -2.05. The highest BCUT2D eigenvalue weighted by Gasteiger charge is 1.95. The van der Waals surface area contributed by atoms with Crippen molar-refractivity contribution in [3.63, 3.8) is 0 Å². The Balaban J connectivity index is -0.000000114. The van der Waals surface area contributed by atoms with E-state index >= 15 is 0 Å². The molecule has 14 heavy (non-hydrogen) atoms. The van der Waals surface area contributed by atoms with Crippen molar-refractivity contribution in [2.75, 3.05) is 0 Å². The lowest BCUT2D eigenvalue weighted by Crippen LogP contribution is -1.85. The van der Waals surface area contributed by atoms with Crippen LogP contribution in [0.5, 0.6) is 0 Å². The van der Waals surface area contributed by atoms with Crippen LogP contribution in [0.25, 0.3) is 0 Å². The van der Waals surface area contributed by atoms with Gasteiger partial charge in [0.1, 0.15) is 0 Å². The molecule has 0 aromatic rings. The van der Waals surface area contributed by atoms with Crippen molar-refractivity contribution in [2.24, 2.45) is 0 Å². The van der Waals surface area contributed by atoms with Crippen LogP contribution in [0.1, 0.15) is 92.9 Å². The minimum absolute atomic E-state index is 0. The largest absolute Gasteiger partial charge is 0.0776 e. The summed E-state index contributed by atoms with van der Waals surface area (Å²) in [5, 5.41) is 0. The van der Waals surface area contributed by atoms with Crippen LogP contribution >= 0.6 is 0 Å². The van der Waals surface area contributed by atoms with Gasteiger partial charge in [-0.1, -0.05) is 92.9 Å². The van der Waals surface area contributed by atoms with Gasteiger partial charge in [0.05, 0.1) is 0 Å². The summed E-state index contributed by atoms with van der Waals surface area (Å²) in [6, 6.07) is 0. The molecule has 0 unspecified atom stereocenters. The highest BCUT2D eigenvalue weighted by Crippen LogP contribution is 2.15. The van der Waals surface area contributed by atoms with Crippen LogP contribution < -0.4 is 0 Å².